The molecule has 18 heavy (non-hydrogen) atoms. The van der Waals surface area contributed by atoms with E-state index in [1.54, 1.807) is 7.05 Å². The summed E-state index contributed by atoms with van der Waals surface area (Å²) in [6.45, 7) is 0.515. The van der Waals surface area contributed by atoms with E-state index in [0.29, 0.717) is 12.5 Å². The van der Waals surface area contributed by atoms with Crippen LogP contribution in [0.5, 0.6) is 0 Å². The Morgan fingerprint density at radius 2 is 2.00 bits per heavy atom. The van der Waals surface area contributed by atoms with E-state index in [1.807, 2.05) is 0 Å². The zero-order chi connectivity index (χ0) is 13.5. The van der Waals surface area contributed by atoms with Gasteiger partial charge in [-0.05, 0) is 30.9 Å². The van der Waals surface area contributed by atoms with Crippen LogP contribution in [-0.4, -0.2) is 26.3 Å². The van der Waals surface area contributed by atoms with E-state index in [-0.39, 0.29) is 20.6 Å². The Labute approximate surface area is 117 Å². The fourth-order valence-electron chi connectivity index (χ4n) is 1.68. The largest absolute Gasteiger partial charge is 0.396 e. The second-order valence-corrected chi connectivity index (χ2v) is 7.30. The van der Waals surface area contributed by atoms with Crippen molar-refractivity contribution in [2.45, 2.75) is 17.7 Å². The van der Waals surface area contributed by atoms with Gasteiger partial charge >= 0.3 is 0 Å². The zero-order valence-corrected chi connectivity index (χ0v) is 12.2. The van der Waals surface area contributed by atoms with E-state index in [1.165, 1.54) is 16.4 Å². The summed E-state index contributed by atoms with van der Waals surface area (Å²) in [5, 5.41) is 0.244. The highest BCUT2D eigenvalue weighted by atomic mass is 35.5. The van der Waals surface area contributed by atoms with Gasteiger partial charge in [0.15, 0.2) is 0 Å². The van der Waals surface area contributed by atoms with Crippen molar-refractivity contribution < 1.29 is 8.42 Å². The molecule has 1 saturated carbocycles. The second kappa shape index (κ2) is 4.89. The van der Waals surface area contributed by atoms with E-state index in [0.717, 1.165) is 12.8 Å². The minimum atomic E-state index is -3.60. The summed E-state index contributed by atoms with van der Waals surface area (Å²) in [7, 11) is -2.05. The highest BCUT2D eigenvalue weighted by molar-refractivity contribution is 7.89. The number of hydrogen-bond acceptors (Lipinski definition) is 3. The van der Waals surface area contributed by atoms with Crippen LogP contribution in [0.3, 0.4) is 0 Å². The molecule has 1 aliphatic carbocycles. The summed E-state index contributed by atoms with van der Waals surface area (Å²) in [6, 6.07) is 2.83. The van der Waals surface area contributed by atoms with Gasteiger partial charge in [-0.15, -0.1) is 0 Å². The van der Waals surface area contributed by atoms with Crippen molar-refractivity contribution in [1.29, 1.82) is 0 Å². The fraction of sp³-hybridized carbons (Fsp3) is 0.455. The number of nitrogen functional groups attached to an aromatic ring is 1. The molecule has 0 spiro atoms. The van der Waals surface area contributed by atoms with E-state index >= 15 is 0 Å². The van der Waals surface area contributed by atoms with Crippen LogP contribution < -0.4 is 5.73 Å². The molecule has 100 valence electrons. The minimum absolute atomic E-state index is 0.00853. The van der Waals surface area contributed by atoms with E-state index in [9.17, 15) is 8.42 Å². The van der Waals surface area contributed by atoms with E-state index < -0.39 is 10.0 Å². The first kappa shape index (κ1) is 13.9. The molecule has 0 atom stereocenters. The number of nitrogens with two attached hydrogens (primary N) is 1. The lowest BCUT2D eigenvalue weighted by molar-refractivity contribution is 0.453. The number of anilines is 1. The van der Waals surface area contributed by atoms with Gasteiger partial charge in [0.05, 0.1) is 15.7 Å². The summed E-state index contributed by atoms with van der Waals surface area (Å²) in [6.07, 6.45) is 2.16. The molecular weight excluding hydrogens is 295 g/mol. The highest BCUT2D eigenvalue weighted by Gasteiger charge is 2.30. The highest BCUT2D eigenvalue weighted by Crippen LogP contribution is 2.36. The third-order valence-corrected chi connectivity index (χ3v) is 5.71. The van der Waals surface area contributed by atoms with Gasteiger partial charge in [-0.3, -0.25) is 0 Å². The van der Waals surface area contributed by atoms with Gasteiger partial charge in [0.2, 0.25) is 10.0 Å². The number of hydrogen-bond donors (Lipinski definition) is 1. The molecule has 0 aliphatic heterocycles. The molecule has 1 fully saturated rings. The first-order chi connectivity index (χ1) is 8.34. The van der Waals surface area contributed by atoms with Crippen LogP contribution in [0.2, 0.25) is 10.0 Å². The third kappa shape index (κ3) is 2.59. The number of benzene rings is 1. The maximum Gasteiger partial charge on any atom is 0.244 e. The smallest absolute Gasteiger partial charge is 0.244 e. The average Bonchev–Trinajstić information content (AvgIpc) is 3.09. The normalized spacial score (nSPS) is 16.2. The lowest BCUT2D eigenvalue weighted by Crippen LogP contribution is -2.29. The van der Waals surface area contributed by atoms with Gasteiger partial charge < -0.3 is 5.73 Å². The Kier molecular flexibility index (Phi) is 3.78. The van der Waals surface area contributed by atoms with Gasteiger partial charge in [0.25, 0.3) is 0 Å². The molecule has 0 aromatic heterocycles. The zero-order valence-electron chi connectivity index (χ0n) is 9.86. The van der Waals surface area contributed by atoms with Crippen LogP contribution in [-0.2, 0) is 10.0 Å². The van der Waals surface area contributed by atoms with Crippen LogP contribution in [0.25, 0.3) is 0 Å². The average molecular weight is 309 g/mol. The second-order valence-electron chi connectivity index (χ2n) is 4.50. The van der Waals surface area contributed by atoms with E-state index in [2.05, 4.69) is 0 Å². The topological polar surface area (TPSA) is 63.4 Å². The van der Waals surface area contributed by atoms with Gasteiger partial charge in [0.1, 0.15) is 4.90 Å². The van der Waals surface area contributed by atoms with Crippen molar-refractivity contribution in [3.8, 4) is 0 Å². The maximum atomic E-state index is 12.3. The van der Waals surface area contributed by atoms with Crippen LogP contribution in [0.1, 0.15) is 12.8 Å². The Hall–Kier alpha value is -0.490. The van der Waals surface area contributed by atoms with E-state index in [4.69, 9.17) is 28.9 Å². The molecule has 0 amide bonds. The van der Waals surface area contributed by atoms with Crippen LogP contribution in [0.15, 0.2) is 17.0 Å². The van der Waals surface area contributed by atoms with Crippen molar-refractivity contribution in [2.24, 2.45) is 5.92 Å². The SMILES string of the molecule is CN(CC1CC1)S(=O)(=O)c1ccc(Cl)c(N)c1Cl. The van der Waals surface area contributed by atoms with Crippen molar-refractivity contribution >= 4 is 38.9 Å². The fourth-order valence-corrected chi connectivity index (χ4v) is 3.66. The summed E-state index contributed by atoms with van der Waals surface area (Å²) in [4.78, 5) is 0.00853. The molecule has 2 N–H and O–H groups in total. The summed E-state index contributed by atoms with van der Waals surface area (Å²) >= 11 is 11.8. The van der Waals surface area contributed by atoms with Gasteiger partial charge in [-0.1, -0.05) is 23.2 Å². The van der Waals surface area contributed by atoms with Gasteiger partial charge in [-0.2, -0.15) is 0 Å². The number of halogens is 2. The maximum absolute atomic E-state index is 12.3. The molecule has 7 heteroatoms. The molecule has 0 unspecified atom stereocenters. The number of nitrogens with zero attached hydrogens (tertiary/aromatic N) is 1. The molecule has 4 nitrogen and oxygen atoms in total. The first-order valence-electron chi connectivity index (χ1n) is 5.54. The summed E-state index contributed by atoms with van der Waals surface area (Å²) in [5.41, 5.74) is 5.74. The predicted molar refractivity (Wildman–Crippen MR) is 73.4 cm³/mol. The minimum Gasteiger partial charge on any atom is -0.396 e. The molecule has 0 heterocycles. The van der Waals surface area contributed by atoms with Crippen LogP contribution in [0.4, 0.5) is 5.69 Å². The van der Waals surface area contributed by atoms with Crippen molar-refractivity contribution in [1.82, 2.24) is 4.31 Å². The molecular formula is C11H14Cl2N2O2S. The third-order valence-electron chi connectivity index (χ3n) is 2.99. The molecule has 1 aromatic carbocycles. The molecule has 0 saturated heterocycles. The Morgan fingerprint density at radius 3 is 2.56 bits per heavy atom. The molecule has 0 radical (unpaired) electrons. The Morgan fingerprint density at radius 1 is 1.39 bits per heavy atom. The van der Waals surface area contributed by atoms with Crippen molar-refractivity contribution in [2.75, 3.05) is 19.3 Å². The van der Waals surface area contributed by atoms with Crippen LogP contribution >= 0.6 is 23.2 Å². The molecule has 1 aromatic rings. The van der Waals surface area contributed by atoms with Crippen molar-refractivity contribution in [3.05, 3.63) is 22.2 Å². The van der Waals surface area contributed by atoms with Gasteiger partial charge in [-0.25, -0.2) is 12.7 Å². The first-order valence-corrected chi connectivity index (χ1v) is 7.73. The van der Waals surface area contributed by atoms with Gasteiger partial charge in [0, 0.05) is 13.6 Å². The standard InChI is InChI=1S/C11H14Cl2N2O2S/c1-15(6-7-2-3-7)18(16,17)9-5-4-8(12)11(14)10(9)13/h4-5,7H,2-3,6,14H2,1H3. The Balaban J connectivity index is 2.37. The quantitative estimate of drug-likeness (QED) is 0.870. The molecule has 0 bridgehead atoms. The predicted octanol–water partition coefficient (Wildman–Crippen LogP) is 2.61. The Bertz CT molecular complexity index is 571. The number of rotatable bonds is 4. The summed E-state index contributed by atoms with van der Waals surface area (Å²) in [5.74, 6) is 0.466. The van der Waals surface area contributed by atoms with Crippen LogP contribution in [0, 0.1) is 5.92 Å². The number of sulfonamides is 1. The van der Waals surface area contributed by atoms with Crippen molar-refractivity contribution in [3.63, 3.8) is 0 Å². The molecule has 1 aliphatic rings. The lowest BCUT2D eigenvalue weighted by Gasteiger charge is -2.18. The monoisotopic (exact) mass is 308 g/mol. The molecule has 2 rings (SSSR count). The summed E-state index contributed by atoms with van der Waals surface area (Å²) < 4.78 is 26.0. The lowest BCUT2D eigenvalue weighted by atomic mass is 10.3.